The van der Waals surface area contributed by atoms with E-state index in [0.717, 1.165) is 19.5 Å². The van der Waals surface area contributed by atoms with Crippen molar-refractivity contribution in [2.45, 2.75) is 58.0 Å². The summed E-state index contributed by atoms with van der Waals surface area (Å²) in [5.74, 6) is 0. The van der Waals surface area contributed by atoms with E-state index in [1.54, 1.807) is 0 Å². The van der Waals surface area contributed by atoms with Gasteiger partial charge >= 0.3 is 0 Å². The van der Waals surface area contributed by atoms with Crippen LogP contribution in [-0.2, 0) is 6.42 Å². The van der Waals surface area contributed by atoms with Crippen molar-refractivity contribution in [2.24, 2.45) is 0 Å². The van der Waals surface area contributed by atoms with Gasteiger partial charge < -0.3 is 4.90 Å². The minimum atomic E-state index is -0.449. The molecule has 0 bridgehead atoms. The second-order valence-corrected chi connectivity index (χ2v) is 6.57. The Morgan fingerprint density at radius 1 is 1.33 bits per heavy atom. The van der Waals surface area contributed by atoms with E-state index in [2.05, 4.69) is 54.4 Å². The van der Waals surface area contributed by atoms with Crippen LogP contribution in [0.15, 0.2) is 24.3 Å². The van der Waals surface area contributed by atoms with Crippen molar-refractivity contribution < 1.29 is 0 Å². The van der Waals surface area contributed by atoms with Crippen LogP contribution in [0.5, 0.6) is 0 Å². The van der Waals surface area contributed by atoms with Gasteiger partial charge in [-0.2, -0.15) is 5.26 Å². The number of nitrogens with zero attached hydrogens (tertiary/aromatic N) is 2. The van der Waals surface area contributed by atoms with Crippen molar-refractivity contribution in [3.05, 3.63) is 29.8 Å². The first-order valence-corrected chi connectivity index (χ1v) is 8.06. The molecule has 0 spiro atoms. The molecule has 1 heterocycles. The third kappa shape index (κ3) is 4.22. The summed E-state index contributed by atoms with van der Waals surface area (Å²) in [6.45, 7) is 8.23. The van der Waals surface area contributed by atoms with Gasteiger partial charge in [-0.3, -0.25) is 5.32 Å². The number of anilines is 1. The molecule has 2 rings (SSSR count). The highest BCUT2D eigenvalue weighted by molar-refractivity contribution is 5.54. The number of benzene rings is 1. The van der Waals surface area contributed by atoms with Crippen LogP contribution >= 0.6 is 0 Å². The normalized spacial score (nSPS) is 17.8. The molecule has 1 aliphatic rings. The Labute approximate surface area is 129 Å². The number of aryl methyl sites for hydroxylation is 1. The molecule has 1 aromatic carbocycles. The summed E-state index contributed by atoms with van der Waals surface area (Å²) in [6.07, 6.45) is 4.51. The first-order chi connectivity index (χ1) is 10.0. The van der Waals surface area contributed by atoms with Gasteiger partial charge in [0.1, 0.15) is 5.54 Å². The molecule has 0 aliphatic carbocycles. The summed E-state index contributed by atoms with van der Waals surface area (Å²) < 4.78 is 0. The lowest BCUT2D eigenvalue weighted by atomic mass is 9.98. The van der Waals surface area contributed by atoms with Crippen LogP contribution in [0.2, 0.25) is 0 Å². The number of nitrogens with one attached hydrogen (secondary N) is 1. The van der Waals surface area contributed by atoms with Crippen LogP contribution in [0.25, 0.3) is 0 Å². The second kappa shape index (κ2) is 6.95. The molecule has 114 valence electrons. The minimum Gasteiger partial charge on any atom is -0.371 e. The molecule has 0 aromatic heterocycles. The largest absolute Gasteiger partial charge is 0.371 e. The third-order valence-electron chi connectivity index (χ3n) is 4.19. The predicted octanol–water partition coefficient (Wildman–Crippen LogP) is 3.50. The van der Waals surface area contributed by atoms with Gasteiger partial charge in [0.05, 0.1) is 6.07 Å². The lowest BCUT2D eigenvalue weighted by Gasteiger charge is -2.31. The van der Waals surface area contributed by atoms with E-state index < -0.39 is 5.54 Å². The van der Waals surface area contributed by atoms with Gasteiger partial charge in [-0.05, 0) is 58.1 Å². The summed E-state index contributed by atoms with van der Waals surface area (Å²) in [4.78, 5) is 2.46. The number of hydrogen-bond donors (Lipinski definition) is 1. The lowest BCUT2D eigenvalue weighted by molar-refractivity contribution is 0.382. The number of para-hydroxylation sites is 1. The van der Waals surface area contributed by atoms with E-state index in [1.165, 1.54) is 30.5 Å². The standard InChI is InChI=1S/C18H27N3/c1-15(2)20-18(3,14-19)11-13-21-12-7-6-9-16-8-4-5-10-17(16)21/h4-5,8,10,15,20H,6-7,9,11-13H2,1-3H3. The monoisotopic (exact) mass is 285 g/mol. The fourth-order valence-electron chi connectivity index (χ4n) is 3.16. The Hall–Kier alpha value is -1.53. The summed E-state index contributed by atoms with van der Waals surface area (Å²) >= 11 is 0. The van der Waals surface area contributed by atoms with E-state index in [-0.39, 0.29) is 0 Å². The lowest BCUT2D eigenvalue weighted by Crippen LogP contribution is -2.47. The van der Waals surface area contributed by atoms with E-state index in [1.807, 2.05) is 6.92 Å². The maximum atomic E-state index is 9.48. The summed E-state index contributed by atoms with van der Waals surface area (Å²) in [5.41, 5.74) is 2.36. The molecule has 0 amide bonds. The molecule has 1 N–H and O–H groups in total. The van der Waals surface area contributed by atoms with Gasteiger partial charge in [0, 0.05) is 24.8 Å². The molecule has 3 heteroatoms. The van der Waals surface area contributed by atoms with Crippen LogP contribution in [0, 0.1) is 11.3 Å². The fourth-order valence-corrected chi connectivity index (χ4v) is 3.16. The number of nitriles is 1. The molecule has 21 heavy (non-hydrogen) atoms. The zero-order valence-electron chi connectivity index (χ0n) is 13.5. The number of rotatable bonds is 5. The Morgan fingerprint density at radius 2 is 2.10 bits per heavy atom. The molecule has 0 radical (unpaired) electrons. The van der Waals surface area contributed by atoms with Crippen LogP contribution in [-0.4, -0.2) is 24.7 Å². The van der Waals surface area contributed by atoms with E-state index in [9.17, 15) is 5.26 Å². The van der Waals surface area contributed by atoms with Crippen LogP contribution in [0.3, 0.4) is 0 Å². The molecule has 1 unspecified atom stereocenters. The second-order valence-electron chi connectivity index (χ2n) is 6.57. The van der Waals surface area contributed by atoms with E-state index in [4.69, 9.17) is 0 Å². The Morgan fingerprint density at radius 3 is 2.81 bits per heavy atom. The smallest absolute Gasteiger partial charge is 0.105 e. The molecule has 0 fully saturated rings. The molecule has 3 nitrogen and oxygen atoms in total. The van der Waals surface area contributed by atoms with Gasteiger partial charge in [0.25, 0.3) is 0 Å². The molecule has 0 saturated heterocycles. The molecule has 1 aromatic rings. The Bertz CT molecular complexity index is 503. The summed E-state index contributed by atoms with van der Waals surface area (Å²) in [7, 11) is 0. The first-order valence-electron chi connectivity index (χ1n) is 8.06. The fraction of sp³-hybridized carbons (Fsp3) is 0.611. The first kappa shape index (κ1) is 15.9. The maximum absolute atomic E-state index is 9.48. The van der Waals surface area contributed by atoms with E-state index >= 15 is 0 Å². The maximum Gasteiger partial charge on any atom is 0.105 e. The quantitative estimate of drug-likeness (QED) is 0.900. The van der Waals surface area contributed by atoms with Crippen molar-refractivity contribution in [3.63, 3.8) is 0 Å². The molecular formula is C18H27N3. The van der Waals surface area contributed by atoms with Crippen LogP contribution in [0.4, 0.5) is 5.69 Å². The van der Waals surface area contributed by atoms with Crippen molar-refractivity contribution in [3.8, 4) is 6.07 Å². The molecule has 1 atom stereocenters. The average Bonchev–Trinajstić information content (AvgIpc) is 2.67. The summed E-state index contributed by atoms with van der Waals surface area (Å²) in [5, 5.41) is 12.9. The molecule has 1 aliphatic heterocycles. The van der Waals surface area contributed by atoms with Gasteiger partial charge in [0.15, 0.2) is 0 Å². The van der Waals surface area contributed by atoms with Gasteiger partial charge in [-0.1, -0.05) is 18.2 Å². The SMILES string of the molecule is CC(C)NC(C)(C#N)CCN1CCCCc2ccccc21. The number of hydrogen-bond acceptors (Lipinski definition) is 3. The van der Waals surface area contributed by atoms with Gasteiger partial charge in [-0.25, -0.2) is 0 Å². The Balaban J connectivity index is 2.07. The average molecular weight is 285 g/mol. The highest BCUT2D eigenvalue weighted by Gasteiger charge is 2.26. The highest BCUT2D eigenvalue weighted by Crippen LogP contribution is 2.27. The Kier molecular flexibility index (Phi) is 5.25. The van der Waals surface area contributed by atoms with Crippen LogP contribution < -0.4 is 10.2 Å². The van der Waals surface area contributed by atoms with E-state index in [0.29, 0.717) is 6.04 Å². The van der Waals surface area contributed by atoms with Gasteiger partial charge in [-0.15, -0.1) is 0 Å². The predicted molar refractivity (Wildman–Crippen MR) is 88.5 cm³/mol. The highest BCUT2D eigenvalue weighted by atomic mass is 15.1. The molecule has 0 saturated carbocycles. The molecular weight excluding hydrogens is 258 g/mol. The minimum absolute atomic E-state index is 0.325. The number of fused-ring (bicyclic) bond motifs is 1. The van der Waals surface area contributed by atoms with Gasteiger partial charge in [0.2, 0.25) is 0 Å². The zero-order chi connectivity index (χ0) is 15.3. The zero-order valence-corrected chi connectivity index (χ0v) is 13.5. The van der Waals surface area contributed by atoms with Crippen LogP contribution in [0.1, 0.15) is 45.6 Å². The van der Waals surface area contributed by atoms with Crippen molar-refractivity contribution >= 4 is 5.69 Å². The van der Waals surface area contributed by atoms with Crippen molar-refractivity contribution in [2.75, 3.05) is 18.0 Å². The van der Waals surface area contributed by atoms with Crippen molar-refractivity contribution in [1.82, 2.24) is 5.32 Å². The summed E-state index contributed by atoms with van der Waals surface area (Å²) in [6, 6.07) is 11.5. The third-order valence-corrected chi connectivity index (χ3v) is 4.19. The topological polar surface area (TPSA) is 39.1 Å². The van der Waals surface area contributed by atoms with Crippen molar-refractivity contribution in [1.29, 1.82) is 5.26 Å².